The zero-order valence-electron chi connectivity index (χ0n) is 17.7. The number of hydrogen-bond donors (Lipinski definition) is 0. The van der Waals surface area contributed by atoms with Crippen molar-refractivity contribution in [2.24, 2.45) is 0 Å². The normalized spacial score (nSPS) is 11.6. The highest BCUT2D eigenvalue weighted by Gasteiger charge is 2.40. The lowest BCUT2D eigenvalue weighted by molar-refractivity contribution is -0.137. The van der Waals surface area contributed by atoms with Gasteiger partial charge in [-0.1, -0.05) is 91.0 Å². The molecular formula is C27H23FN2O2. The number of benzene rings is 3. The summed E-state index contributed by atoms with van der Waals surface area (Å²) in [7, 11) is 0. The molecule has 0 saturated carbocycles. The lowest BCUT2D eigenvalue weighted by Gasteiger charge is -2.37. The first-order chi connectivity index (χ1) is 15.7. The molecule has 0 spiro atoms. The first kappa shape index (κ1) is 21.2. The van der Waals surface area contributed by atoms with Crippen LogP contribution in [0.4, 0.5) is 4.39 Å². The average molecular weight is 426 g/mol. The van der Waals surface area contributed by atoms with Gasteiger partial charge >= 0.3 is 5.97 Å². The zero-order valence-corrected chi connectivity index (χ0v) is 17.7. The van der Waals surface area contributed by atoms with E-state index in [9.17, 15) is 4.79 Å². The van der Waals surface area contributed by atoms with Crippen molar-refractivity contribution in [3.8, 4) is 0 Å². The Hall–Kier alpha value is -3.99. The van der Waals surface area contributed by atoms with E-state index in [0.717, 1.165) is 16.7 Å². The topological polar surface area (TPSA) is 44.1 Å². The number of nitrogens with zero attached hydrogens (tertiary/aromatic N) is 2. The van der Waals surface area contributed by atoms with Gasteiger partial charge in [0.15, 0.2) is 0 Å². The second-order valence-corrected chi connectivity index (χ2v) is 7.20. The van der Waals surface area contributed by atoms with E-state index in [1.165, 1.54) is 16.7 Å². The highest BCUT2D eigenvalue weighted by atomic mass is 19.1. The second-order valence-electron chi connectivity index (χ2n) is 7.20. The molecule has 0 saturated heterocycles. The van der Waals surface area contributed by atoms with Crippen LogP contribution >= 0.6 is 0 Å². The maximum Gasteiger partial charge on any atom is 0.330 e. The molecule has 0 atom stereocenters. The van der Waals surface area contributed by atoms with Gasteiger partial charge in [0, 0.05) is 12.3 Å². The molecule has 1 heterocycles. The summed E-state index contributed by atoms with van der Waals surface area (Å²) in [5.74, 6) is -0.497. The van der Waals surface area contributed by atoms with Crippen molar-refractivity contribution in [3.05, 3.63) is 132 Å². The van der Waals surface area contributed by atoms with Gasteiger partial charge in [-0.05, 0) is 29.7 Å². The van der Waals surface area contributed by atoms with Crippen LogP contribution in [0.1, 0.15) is 29.3 Å². The number of esters is 1. The van der Waals surface area contributed by atoms with Crippen molar-refractivity contribution >= 4 is 12.0 Å². The molecule has 1 aromatic heterocycles. The zero-order chi connectivity index (χ0) is 22.4. The summed E-state index contributed by atoms with van der Waals surface area (Å²) in [5.41, 5.74) is 1.97. The largest absolute Gasteiger partial charge is 0.463 e. The van der Waals surface area contributed by atoms with E-state index >= 15 is 4.39 Å². The van der Waals surface area contributed by atoms with Crippen molar-refractivity contribution in [3.63, 3.8) is 0 Å². The number of hydrogen-bond acceptors (Lipinski definition) is 3. The lowest BCUT2D eigenvalue weighted by atomic mass is 9.76. The number of carbonyl (C=O) groups excluding carboxylic acids is 1. The minimum absolute atomic E-state index is 0.269. The molecule has 0 amide bonds. The fraction of sp³-hybridized carbons (Fsp3) is 0.111. The van der Waals surface area contributed by atoms with Crippen LogP contribution in [0.5, 0.6) is 0 Å². The monoisotopic (exact) mass is 426 g/mol. The SMILES string of the molecule is CCOC(=O)/C=C/c1cn(C(c2ccccc2)(c2ccccc2)c2ccccc2)c(F)n1. The summed E-state index contributed by atoms with van der Waals surface area (Å²) in [6.07, 6.45) is 3.68. The molecule has 3 aromatic carbocycles. The van der Waals surface area contributed by atoms with Crippen molar-refractivity contribution in [2.75, 3.05) is 6.61 Å². The van der Waals surface area contributed by atoms with E-state index in [2.05, 4.69) is 4.98 Å². The van der Waals surface area contributed by atoms with E-state index in [1.807, 2.05) is 91.0 Å². The number of carbonyl (C=O) groups is 1. The van der Waals surface area contributed by atoms with E-state index in [-0.39, 0.29) is 6.61 Å². The molecule has 0 bridgehead atoms. The standard InChI is InChI=1S/C27H23FN2O2/c1-2-32-25(31)19-18-24-20-30(26(28)29-24)27(21-12-6-3-7-13-21,22-14-8-4-9-15-22)23-16-10-5-11-17-23/h3-20H,2H2,1H3/b19-18+. The van der Waals surface area contributed by atoms with E-state index in [0.29, 0.717) is 5.69 Å². The Morgan fingerprint density at radius 3 is 1.81 bits per heavy atom. The highest BCUT2D eigenvalue weighted by molar-refractivity contribution is 5.86. The Balaban J connectivity index is 1.98. The van der Waals surface area contributed by atoms with Crippen LogP contribution in [0, 0.1) is 6.08 Å². The predicted octanol–water partition coefficient (Wildman–Crippen LogP) is 5.44. The van der Waals surface area contributed by atoms with Crippen LogP contribution < -0.4 is 0 Å². The summed E-state index contributed by atoms with van der Waals surface area (Å²) in [6, 6.07) is 29.3. The van der Waals surface area contributed by atoms with Crippen LogP contribution in [-0.4, -0.2) is 22.1 Å². The van der Waals surface area contributed by atoms with E-state index < -0.39 is 17.6 Å². The fourth-order valence-electron chi connectivity index (χ4n) is 3.99. The Labute approximate surface area is 186 Å². The van der Waals surface area contributed by atoms with Gasteiger partial charge in [-0.2, -0.15) is 4.39 Å². The predicted molar refractivity (Wildman–Crippen MR) is 122 cm³/mol. The first-order valence-electron chi connectivity index (χ1n) is 10.4. The summed E-state index contributed by atoms with van der Waals surface area (Å²) < 4.78 is 22.0. The molecule has 32 heavy (non-hydrogen) atoms. The molecule has 5 heteroatoms. The number of imidazole rings is 1. The second kappa shape index (κ2) is 9.43. The van der Waals surface area contributed by atoms with Gasteiger partial charge in [0.25, 0.3) is 6.08 Å². The van der Waals surface area contributed by atoms with Gasteiger partial charge in [-0.3, -0.25) is 4.57 Å². The maximum atomic E-state index is 15.5. The van der Waals surface area contributed by atoms with E-state index in [1.54, 1.807) is 13.1 Å². The van der Waals surface area contributed by atoms with Crippen molar-refractivity contribution in [1.82, 2.24) is 9.55 Å². The molecule has 0 fully saturated rings. The number of halogens is 1. The Bertz CT molecular complexity index is 1110. The molecule has 0 aliphatic carbocycles. The lowest BCUT2D eigenvalue weighted by Crippen LogP contribution is -2.38. The highest BCUT2D eigenvalue weighted by Crippen LogP contribution is 2.41. The summed E-state index contributed by atoms with van der Waals surface area (Å²) in [4.78, 5) is 15.8. The molecule has 4 rings (SSSR count). The molecule has 0 N–H and O–H groups in total. The third kappa shape index (κ3) is 3.97. The molecular weight excluding hydrogens is 403 g/mol. The molecule has 0 radical (unpaired) electrons. The minimum atomic E-state index is -1.00. The van der Waals surface area contributed by atoms with Crippen molar-refractivity contribution in [1.29, 1.82) is 0 Å². The van der Waals surface area contributed by atoms with Gasteiger partial charge in [-0.15, -0.1) is 0 Å². The Kier molecular flexibility index (Phi) is 6.26. The third-order valence-corrected chi connectivity index (χ3v) is 5.29. The molecule has 4 aromatic rings. The Morgan fingerprint density at radius 2 is 1.38 bits per heavy atom. The first-order valence-corrected chi connectivity index (χ1v) is 10.4. The van der Waals surface area contributed by atoms with Gasteiger partial charge in [0.2, 0.25) is 0 Å². The average Bonchev–Trinajstić information content (AvgIpc) is 3.21. The van der Waals surface area contributed by atoms with Gasteiger partial charge < -0.3 is 4.74 Å². The summed E-state index contributed by atoms with van der Waals surface area (Å²) >= 11 is 0. The molecule has 0 unspecified atom stereocenters. The quantitative estimate of drug-likeness (QED) is 0.225. The van der Waals surface area contributed by atoms with Crippen LogP contribution in [0.25, 0.3) is 6.08 Å². The van der Waals surface area contributed by atoms with Crippen molar-refractivity contribution in [2.45, 2.75) is 12.5 Å². The maximum absolute atomic E-state index is 15.5. The fourth-order valence-corrected chi connectivity index (χ4v) is 3.99. The smallest absolute Gasteiger partial charge is 0.330 e. The number of rotatable bonds is 7. The third-order valence-electron chi connectivity index (χ3n) is 5.29. The van der Waals surface area contributed by atoms with Crippen LogP contribution in [0.3, 0.4) is 0 Å². The minimum Gasteiger partial charge on any atom is -0.463 e. The summed E-state index contributed by atoms with van der Waals surface area (Å²) in [5, 5.41) is 0. The van der Waals surface area contributed by atoms with Gasteiger partial charge in [-0.25, -0.2) is 9.78 Å². The molecule has 0 aliphatic heterocycles. The molecule has 0 aliphatic rings. The van der Waals surface area contributed by atoms with Crippen LogP contribution in [-0.2, 0) is 15.1 Å². The molecule has 4 nitrogen and oxygen atoms in total. The van der Waals surface area contributed by atoms with Gasteiger partial charge in [0.1, 0.15) is 5.54 Å². The van der Waals surface area contributed by atoms with Crippen LogP contribution in [0.2, 0.25) is 0 Å². The summed E-state index contributed by atoms with van der Waals surface area (Å²) in [6.45, 7) is 2.00. The number of aromatic nitrogens is 2. The van der Waals surface area contributed by atoms with E-state index in [4.69, 9.17) is 4.74 Å². The van der Waals surface area contributed by atoms with Gasteiger partial charge in [0.05, 0.1) is 12.3 Å². The Morgan fingerprint density at radius 1 is 0.906 bits per heavy atom. The van der Waals surface area contributed by atoms with Crippen LogP contribution in [0.15, 0.2) is 103 Å². The molecule has 160 valence electrons. The number of ether oxygens (including phenoxy) is 1. The van der Waals surface area contributed by atoms with Crippen molar-refractivity contribution < 1.29 is 13.9 Å².